The average Bonchev–Trinajstić information content (AvgIpc) is 2.60. The second kappa shape index (κ2) is 6.80. The van der Waals surface area contributed by atoms with Gasteiger partial charge in [0.05, 0.1) is 0 Å². The molecule has 2 aromatic carbocycles. The second-order valence-corrected chi connectivity index (χ2v) is 6.02. The van der Waals surface area contributed by atoms with E-state index in [4.69, 9.17) is 5.73 Å². The molecule has 0 fully saturated rings. The normalized spacial score (nSPS) is 10.6. The van der Waals surface area contributed by atoms with Gasteiger partial charge in [-0.3, -0.25) is 4.79 Å². The maximum atomic E-state index is 12.2. The van der Waals surface area contributed by atoms with Crippen molar-refractivity contribution in [2.24, 2.45) is 0 Å². The first-order valence-corrected chi connectivity index (χ1v) is 8.00. The van der Waals surface area contributed by atoms with Crippen LogP contribution in [0.15, 0.2) is 53.3 Å². The number of nitrogens with two attached hydrogens (primary N) is 1. The van der Waals surface area contributed by atoms with Crippen LogP contribution in [0.3, 0.4) is 0 Å². The molecule has 0 aliphatic carbocycles. The van der Waals surface area contributed by atoms with E-state index in [9.17, 15) is 24.6 Å². The third kappa shape index (κ3) is 3.18. The van der Waals surface area contributed by atoms with E-state index in [2.05, 4.69) is 4.98 Å². The summed E-state index contributed by atoms with van der Waals surface area (Å²) in [6.07, 6.45) is 0. The van der Waals surface area contributed by atoms with E-state index in [1.54, 1.807) is 24.3 Å². The van der Waals surface area contributed by atoms with Crippen LogP contribution in [0, 0.1) is 6.92 Å². The number of rotatable bonds is 4. The van der Waals surface area contributed by atoms with Gasteiger partial charge in [-0.25, -0.2) is 9.59 Å². The fourth-order valence-electron chi connectivity index (χ4n) is 3.08. The van der Waals surface area contributed by atoms with Crippen LogP contribution >= 0.6 is 0 Å². The summed E-state index contributed by atoms with van der Waals surface area (Å²) in [6.45, 7) is 1.91. The minimum atomic E-state index is -1.53. The molecular weight excluding hydrogens is 348 g/mol. The number of aryl methyl sites for hydroxylation is 1. The molecule has 7 nitrogen and oxygen atoms in total. The quantitative estimate of drug-likeness (QED) is 0.562. The molecule has 5 N–H and O–H groups in total. The highest BCUT2D eigenvalue weighted by Gasteiger charge is 2.27. The van der Waals surface area contributed by atoms with Crippen molar-refractivity contribution < 1.29 is 19.8 Å². The van der Waals surface area contributed by atoms with E-state index >= 15 is 0 Å². The number of pyridine rings is 1. The Labute approximate surface area is 153 Å². The summed E-state index contributed by atoms with van der Waals surface area (Å²) in [5.41, 5.74) is 6.06. The summed E-state index contributed by atoms with van der Waals surface area (Å²) in [4.78, 5) is 37.9. The van der Waals surface area contributed by atoms with Gasteiger partial charge in [-0.15, -0.1) is 0 Å². The Balaban J connectivity index is 2.48. The highest BCUT2D eigenvalue weighted by atomic mass is 16.4. The molecule has 1 aromatic heterocycles. The first kappa shape index (κ1) is 17.9. The maximum absolute atomic E-state index is 12.2. The zero-order chi connectivity index (χ0) is 19.7. The minimum Gasteiger partial charge on any atom is -0.478 e. The fourth-order valence-corrected chi connectivity index (χ4v) is 3.08. The first-order valence-electron chi connectivity index (χ1n) is 8.00. The number of benzene rings is 2. The zero-order valence-electron chi connectivity index (χ0n) is 14.3. The number of aromatic carboxylic acids is 2. The monoisotopic (exact) mass is 364 g/mol. The topological polar surface area (TPSA) is 133 Å². The van der Waals surface area contributed by atoms with Gasteiger partial charge in [0, 0.05) is 5.56 Å². The van der Waals surface area contributed by atoms with Crippen LogP contribution in [0.5, 0.6) is 0 Å². The van der Waals surface area contributed by atoms with Crippen molar-refractivity contribution in [1.82, 2.24) is 4.98 Å². The standard InChI is InChI=1S/C20H16N2O5/c1-10-5-4-6-11(9-10)12-7-2-3-8-13(12)14-15(19(24)25)17(21)22-18(23)16(14)20(26)27/h2-9H,1H3,(H,24,25)(H,26,27)(H3,21,22,23). The Bertz CT molecular complexity index is 1130. The van der Waals surface area contributed by atoms with Crippen molar-refractivity contribution in [3.63, 3.8) is 0 Å². The number of aromatic amines is 1. The number of hydrogen-bond acceptors (Lipinski definition) is 4. The molecule has 0 radical (unpaired) electrons. The third-order valence-corrected chi connectivity index (χ3v) is 4.20. The second-order valence-electron chi connectivity index (χ2n) is 6.02. The first-order chi connectivity index (χ1) is 12.8. The number of hydrogen-bond donors (Lipinski definition) is 4. The van der Waals surface area contributed by atoms with Crippen molar-refractivity contribution in [1.29, 1.82) is 0 Å². The summed E-state index contributed by atoms with van der Waals surface area (Å²) in [5, 5.41) is 19.2. The maximum Gasteiger partial charge on any atom is 0.342 e. The number of nitrogen functional groups attached to an aromatic ring is 1. The van der Waals surface area contributed by atoms with Gasteiger partial charge in [-0.1, -0.05) is 54.1 Å². The molecule has 0 unspecified atom stereocenters. The smallest absolute Gasteiger partial charge is 0.342 e. The van der Waals surface area contributed by atoms with E-state index in [1.165, 1.54) is 0 Å². The van der Waals surface area contributed by atoms with Crippen molar-refractivity contribution in [3.8, 4) is 22.3 Å². The molecule has 7 heteroatoms. The molecule has 0 aliphatic rings. The molecule has 0 spiro atoms. The predicted octanol–water partition coefficient (Wildman–Crippen LogP) is 3.00. The molecule has 3 aromatic rings. The highest BCUT2D eigenvalue weighted by Crippen LogP contribution is 2.36. The van der Waals surface area contributed by atoms with E-state index in [0.717, 1.165) is 11.1 Å². The lowest BCUT2D eigenvalue weighted by Gasteiger charge is -2.16. The Morgan fingerprint density at radius 3 is 2.15 bits per heavy atom. The number of aromatic nitrogens is 1. The van der Waals surface area contributed by atoms with E-state index in [0.29, 0.717) is 11.1 Å². The Morgan fingerprint density at radius 1 is 0.926 bits per heavy atom. The summed E-state index contributed by atoms with van der Waals surface area (Å²) in [5.74, 6) is -3.36. The lowest BCUT2D eigenvalue weighted by atomic mass is 9.89. The molecule has 0 amide bonds. The van der Waals surface area contributed by atoms with Gasteiger partial charge in [0.15, 0.2) is 0 Å². The SMILES string of the molecule is Cc1cccc(-c2ccccc2-c2c(C(=O)O)c(N)[nH]c(=O)c2C(=O)O)c1. The van der Waals surface area contributed by atoms with Crippen LogP contribution in [0.2, 0.25) is 0 Å². The number of carbonyl (C=O) groups is 2. The summed E-state index contributed by atoms with van der Waals surface area (Å²) < 4.78 is 0. The molecule has 136 valence electrons. The zero-order valence-corrected chi connectivity index (χ0v) is 14.3. The van der Waals surface area contributed by atoms with Crippen LogP contribution in [-0.2, 0) is 0 Å². The molecule has 0 saturated heterocycles. The summed E-state index contributed by atoms with van der Waals surface area (Å²) >= 11 is 0. The number of H-pyrrole nitrogens is 1. The lowest BCUT2D eigenvalue weighted by molar-refractivity contribution is 0.0695. The van der Waals surface area contributed by atoms with Crippen LogP contribution in [0.1, 0.15) is 26.3 Å². The molecule has 27 heavy (non-hydrogen) atoms. The van der Waals surface area contributed by atoms with Crippen LogP contribution in [-0.4, -0.2) is 27.1 Å². The van der Waals surface area contributed by atoms with E-state index in [1.807, 2.05) is 31.2 Å². The van der Waals surface area contributed by atoms with E-state index in [-0.39, 0.29) is 5.56 Å². The number of anilines is 1. The van der Waals surface area contributed by atoms with Gasteiger partial charge in [-0.2, -0.15) is 0 Å². The minimum absolute atomic E-state index is 0.214. The molecule has 3 rings (SSSR count). The highest BCUT2D eigenvalue weighted by molar-refractivity contribution is 6.09. The Morgan fingerprint density at radius 2 is 1.56 bits per heavy atom. The lowest BCUT2D eigenvalue weighted by Crippen LogP contribution is -2.24. The number of carboxylic acids is 2. The average molecular weight is 364 g/mol. The van der Waals surface area contributed by atoms with Gasteiger partial charge >= 0.3 is 11.9 Å². The molecule has 0 bridgehead atoms. The van der Waals surface area contributed by atoms with Gasteiger partial charge in [-0.05, 0) is 23.6 Å². The van der Waals surface area contributed by atoms with Crippen molar-refractivity contribution in [2.45, 2.75) is 6.92 Å². The van der Waals surface area contributed by atoms with Crippen molar-refractivity contribution in [3.05, 3.63) is 75.6 Å². The number of carboxylic acid groups (broad SMARTS) is 2. The third-order valence-electron chi connectivity index (χ3n) is 4.20. The molecular formula is C20H16N2O5. The van der Waals surface area contributed by atoms with Gasteiger partial charge < -0.3 is 20.9 Å². The van der Waals surface area contributed by atoms with Crippen molar-refractivity contribution in [2.75, 3.05) is 5.73 Å². The summed E-state index contributed by atoms with van der Waals surface area (Å²) in [6, 6.07) is 14.2. The van der Waals surface area contributed by atoms with Gasteiger partial charge in [0.1, 0.15) is 16.9 Å². The van der Waals surface area contributed by atoms with Crippen LogP contribution in [0.25, 0.3) is 22.3 Å². The number of nitrogens with one attached hydrogen (secondary N) is 1. The Hall–Kier alpha value is -3.87. The predicted molar refractivity (Wildman–Crippen MR) is 101 cm³/mol. The summed E-state index contributed by atoms with van der Waals surface area (Å²) in [7, 11) is 0. The fraction of sp³-hybridized carbons (Fsp3) is 0.0500. The van der Waals surface area contributed by atoms with Crippen LogP contribution < -0.4 is 11.3 Å². The van der Waals surface area contributed by atoms with Gasteiger partial charge in [0.25, 0.3) is 5.56 Å². The molecule has 0 saturated carbocycles. The van der Waals surface area contributed by atoms with Crippen LogP contribution in [0.4, 0.5) is 5.82 Å². The molecule has 0 aliphatic heterocycles. The van der Waals surface area contributed by atoms with E-state index < -0.39 is 34.4 Å². The van der Waals surface area contributed by atoms with Crippen molar-refractivity contribution >= 4 is 17.8 Å². The molecule has 0 atom stereocenters. The van der Waals surface area contributed by atoms with Gasteiger partial charge in [0.2, 0.25) is 0 Å². The largest absolute Gasteiger partial charge is 0.478 e. The molecule has 1 heterocycles. The Kier molecular flexibility index (Phi) is 4.51.